The van der Waals surface area contributed by atoms with E-state index in [0.29, 0.717) is 4.32 Å². The zero-order chi connectivity index (χ0) is 10.4. The standard InChI is InChI=1S/C9H11N3S2.Cu/c1-7-4-3-5-8(11-7)6-10-12-9(13)14-2;/h3-6H,1-2H3,(H,11,12,13);. The zero-order valence-electron chi connectivity index (χ0n) is 8.31. The summed E-state index contributed by atoms with van der Waals surface area (Å²) in [6.07, 6.45) is 3.51. The van der Waals surface area contributed by atoms with Crippen LogP contribution in [0.25, 0.3) is 5.43 Å². The third-order valence-corrected chi connectivity index (χ3v) is 2.51. The maximum Gasteiger partial charge on any atom is 0.174 e. The van der Waals surface area contributed by atoms with E-state index < -0.39 is 0 Å². The van der Waals surface area contributed by atoms with E-state index in [0.717, 1.165) is 11.4 Å². The molecule has 0 bridgehead atoms. The molecule has 1 heterocycles. The first kappa shape index (κ1) is 14.6. The normalized spacial score (nSPS) is 9.73. The summed E-state index contributed by atoms with van der Waals surface area (Å²) in [5, 5.41) is 3.86. The molecule has 0 aliphatic rings. The van der Waals surface area contributed by atoms with Crippen molar-refractivity contribution in [2.45, 2.75) is 6.92 Å². The van der Waals surface area contributed by atoms with Crippen molar-refractivity contribution < 1.29 is 17.1 Å². The molecule has 0 N–H and O–H groups in total. The van der Waals surface area contributed by atoms with E-state index in [2.05, 4.69) is 27.7 Å². The van der Waals surface area contributed by atoms with E-state index >= 15 is 0 Å². The molecule has 0 amide bonds. The Morgan fingerprint density at radius 3 is 2.93 bits per heavy atom. The fraction of sp³-hybridized carbons (Fsp3) is 0.222. The number of hydrogen-bond acceptors (Lipinski definition) is 3. The molecule has 0 fully saturated rings. The van der Waals surface area contributed by atoms with Crippen LogP contribution in [-0.2, 0) is 29.3 Å². The van der Waals surface area contributed by atoms with Gasteiger partial charge in [0.05, 0.1) is 5.69 Å². The predicted octanol–water partition coefficient (Wildman–Crippen LogP) is 1.82. The van der Waals surface area contributed by atoms with Crippen molar-refractivity contribution in [2.24, 2.45) is 5.10 Å². The Bertz CT molecular complexity index is 355. The second kappa shape index (κ2) is 7.82. The Kier molecular flexibility index (Phi) is 7.60. The van der Waals surface area contributed by atoms with Gasteiger partial charge in [-0.1, -0.05) is 17.8 Å². The van der Waals surface area contributed by atoms with Gasteiger partial charge in [-0.05, 0) is 25.3 Å². The summed E-state index contributed by atoms with van der Waals surface area (Å²) >= 11 is 5.52. The molecule has 0 atom stereocenters. The minimum atomic E-state index is 0. The summed E-state index contributed by atoms with van der Waals surface area (Å²) in [5.74, 6) is 0. The van der Waals surface area contributed by atoms with Crippen LogP contribution in [-0.4, -0.2) is 21.8 Å². The average Bonchev–Trinajstić information content (AvgIpc) is 2.17. The van der Waals surface area contributed by atoms with Crippen LogP contribution in [0.3, 0.4) is 0 Å². The van der Waals surface area contributed by atoms with Crippen molar-refractivity contribution in [3.05, 3.63) is 35.0 Å². The van der Waals surface area contributed by atoms with Crippen LogP contribution in [0.2, 0.25) is 0 Å². The number of pyridine rings is 1. The predicted molar refractivity (Wildman–Crippen MR) is 67.2 cm³/mol. The van der Waals surface area contributed by atoms with Crippen LogP contribution in [0.5, 0.6) is 0 Å². The van der Waals surface area contributed by atoms with E-state index in [1.54, 1.807) is 6.21 Å². The molecule has 6 heteroatoms. The fourth-order valence-corrected chi connectivity index (χ4v) is 0.995. The molecule has 0 saturated carbocycles. The number of nitrogens with zero attached hydrogens (tertiary/aromatic N) is 3. The smallest absolute Gasteiger partial charge is 0.174 e. The van der Waals surface area contributed by atoms with Gasteiger partial charge in [-0.3, -0.25) is 4.98 Å². The van der Waals surface area contributed by atoms with E-state index in [4.69, 9.17) is 0 Å². The van der Waals surface area contributed by atoms with Gasteiger partial charge in [0.2, 0.25) is 0 Å². The molecule has 0 saturated heterocycles. The molecule has 1 rings (SSSR count). The summed E-state index contributed by atoms with van der Waals surface area (Å²) in [5.41, 5.74) is 5.61. The molecule has 3 nitrogen and oxygen atoms in total. The van der Waals surface area contributed by atoms with Gasteiger partial charge in [-0.15, -0.1) is 0 Å². The van der Waals surface area contributed by atoms with Crippen molar-refractivity contribution in [3.8, 4) is 0 Å². The minimum absolute atomic E-state index is 0. The number of thioether (sulfide) groups is 1. The summed E-state index contributed by atoms with van der Waals surface area (Å²) in [6.45, 7) is 1.94. The van der Waals surface area contributed by atoms with Gasteiger partial charge in [0.25, 0.3) is 0 Å². The van der Waals surface area contributed by atoms with Gasteiger partial charge in [0.1, 0.15) is 0 Å². The van der Waals surface area contributed by atoms with E-state index in [9.17, 15) is 0 Å². The third kappa shape index (κ3) is 5.89. The molecular weight excluding hydrogens is 278 g/mol. The first-order chi connectivity index (χ1) is 6.72. The summed E-state index contributed by atoms with van der Waals surface area (Å²) in [6, 6.07) is 5.75. The van der Waals surface area contributed by atoms with Crippen LogP contribution in [0.4, 0.5) is 0 Å². The molecule has 0 aliphatic carbocycles. The molecule has 0 aliphatic heterocycles. The first-order valence-corrected chi connectivity index (χ1v) is 5.67. The molecule has 0 aromatic carbocycles. The molecule has 1 aromatic heterocycles. The molecule has 0 unspecified atom stereocenters. The molecule has 85 valence electrons. The van der Waals surface area contributed by atoms with Gasteiger partial charge < -0.3 is 10.5 Å². The molecule has 1 radical (unpaired) electrons. The van der Waals surface area contributed by atoms with Crippen LogP contribution in [0.1, 0.15) is 11.4 Å². The third-order valence-electron chi connectivity index (χ3n) is 1.43. The Labute approximate surface area is 110 Å². The van der Waals surface area contributed by atoms with Crippen molar-refractivity contribution in [3.63, 3.8) is 0 Å². The number of hydrogen-bond donors (Lipinski definition) is 0. The number of aromatic nitrogens is 1. The van der Waals surface area contributed by atoms with Crippen molar-refractivity contribution >= 4 is 34.5 Å². The number of aryl methyl sites for hydroxylation is 1. The van der Waals surface area contributed by atoms with E-state index in [-0.39, 0.29) is 17.1 Å². The van der Waals surface area contributed by atoms with Gasteiger partial charge >= 0.3 is 0 Å². The van der Waals surface area contributed by atoms with Gasteiger partial charge in [-0.2, -0.15) is 0 Å². The Balaban J connectivity index is 0.00000196. The quantitative estimate of drug-likeness (QED) is 0.208. The van der Waals surface area contributed by atoms with Gasteiger partial charge in [-0.25, -0.2) is 0 Å². The van der Waals surface area contributed by atoms with Gasteiger partial charge in [0, 0.05) is 29.0 Å². The second-order valence-electron chi connectivity index (χ2n) is 2.54. The van der Waals surface area contributed by atoms with Crippen LogP contribution in [0, 0.1) is 6.92 Å². The zero-order valence-corrected chi connectivity index (χ0v) is 11.0. The fourth-order valence-electron chi connectivity index (χ4n) is 0.814. The number of rotatable bonds is 2. The second-order valence-corrected chi connectivity index (χ2v) is 4.06. The van der Waals surface area contributed by atoms with Crippen LogP contribution in [0.15, 0.2) is 23.3 Å². The SMILES string of the molecule is CSC(=[SH+])[N-]N=Cc1cccc(C)n1.[Cu]. The first-order valence-electron chi connectivity index (χ1n) is 4.00. The number of thiol groups is 1. The summed E-state index contributed by atoms with van der Waals surface area (Å²) in [7, 11) is 0. The Morgan fingerprint density at radius 2 is 2.33 bits per heavy atom. The average molecular weight is 289 g/mol. The van der Waals surface area contributed by atoms with Crippen molar-refractivity contribution in [1.82, 2.24) is 4.98 Å². The van der Waals surface area contributed by atoms with E-state index in [1.807, 2.05) is 31.4 Å². The Morgan fingerprint density at radius 1 is 1.60 bits per heavy atom. The monoisotopic (exact) mass is 288 g/mol. The Hall–Kier alpha value is -0.421. The summed E-state index contributed by atoms with van der Waals surface area (Å²) < 4.78 is 0.633. The molecule has 0 spiro atoms. The maximum absolute atomic E-state index is 4.25. The van der Waals surface area contributed by atoms with Crippen LogP contribution >= 0.6 is 11.8 Å². The topological polar surface area (TPSA) is 39.4 Å². The van der Waals surface area contributed by atoms with Gasteiger partial charge in [0.15, 0.2) is 16.5 Å². The largest absolute Gasteiger partial charge is 0.520 e. The minimum Gasteiger partial charge on any atom is -0.520 e. The molecule has 1 aromatic rings. The van der Waals surface area contributed by atoms with E-state index in [1.165, 1.54) is 11.8 Å². The van der Waals surface area contributed by atoms with Crippen molar-refractivity contribution in [2.75, 3.05) is 6.26 Å². The summed E-state index contributed by atoms with van der Waals surface area (Å²) in [4.78, 5) is 4.25. The molecule has 15 heavy (non-hydrogen) atoms. The van der Waals surface area contributed by atoms with Crippen molar-refractivity contribution in [1.29, 1.82) is 0 Å². The molecular formula is C9H11CuN3S2. The maximum atomic E-state index is 4.25. The van der Waals surface area contributed by atoms with Crippen LogP contribution < -0.4 is 0 Å².